The van der Waals surface area contributed by atoms with Gasteiger partial charge in [0.2, 0.25) is 0 Å². The molecule has 1 aromatic rings. The molecule has 1 aromatic carbocycles. The van der Waals surface area contributed by atoms with Gasteiger partial charge >= 0.3 is 47.5 Å². The van der Waals surface area contributed by atoms with E-state index in [1.165, 1.54) is 0 Å². The van der Waals surface area contributed by atoms with Gasteiger partial charge in [-0.2, -0.15) is 0 Å². The summed E-state index contributed by atoms with van der Waals surface area (Å²) in [6.45, 7) is 0. The van der Waals surface area contributed by atoms with E-state index in [-0.39, 0.29) is 29.6 Å². The molecule has 0 spiro atoms. The zero-order valence-corrected chi connectivity index (χ0v) is 11.2. The van der Waals surface area contributed by atoms with Gasteiger partial charge in [0.05, 0.1) is 6.42 Å². The topological polar surface area (TPSA) is 164 Å². The van der Waals surface area contributed by atoms with Crippen molar-refractivity contribution in [3.63, 3.8) is 0 Å². The third kappa shape index (κ3) is 11.2. The van der Waals surface area contributed by atoms with Crippen molar-refractivity contribution >= 4 is 47.5 Å². The first kappa shape index (κ1) is 22.8. The molecule has 8 nitrogen and oxygen atoms in total. The molecule has 118 valence electrons. The van der Waals surface area contributed by atoms with Crippen molar-refractivity contribution in [1.82, 2.24) is 0 Å². The molecule has 0 fully saturated rings. The summed E-state index contributed by atoms with van der Waals surface area (Å²) >= 11 is 0. The van der Waals surface area contributed by atoms with Crippen molar-refractivity contribution in [2.24, 2.45) is 11.5 Å². The molecular formula is C13H19N2NaO6. The van der Waals surface area contributed by atoms with Crippen molar-refractivity contribution < 1.29 is 29.7 Å². The average Bonchev–Trinajstić information content (AvgIpc) is 2.39. The summed E-state index contributed by atoms with van der Waals surface area (Å²) in [7, 11) is 0. The third-order valence-corrected chi connectivity index (χ3v) is 2.33. The summed E-state index contributed by atoms with van der Waals surface area (Å²) in [6.07, 6.45) is -0.147. The Morgan fingerprint density at radius 2 is 1.36 bits per heavy atom. The molecule has 0 amide bonds. The van der Waals surface area contributed by atoms with E-state index in [0.29, 0.717) is 6.42 Å². The van der Waals surface area contributed by atoms with Crippen LogP contribution >= 0.6 is 0 Å². The Hall–Kier alpha value is -1.45. The predicted octanol–water partition coefficient (Wildman–Crippen LogP) is -1.13. The number of hydrogen-bond donors (Lipinski definition) is 5. The minimum absolute atomic E-state index is 0. The van der Waals surface area contributed by atoms with Crippen molar-refractivity contribution in [3.8, 4) is 0 Å². The summed E-state index contributed by atoms with van der Waals surface area (Å²) in [5.74, 6) is -3.46. The Balaban J connectivity index is 0. The summed E-state index contributed by atoms with van der Waals surface area (Å²) in [5.41, 5.74) is 11.1. The normalized spacial score (nSPS) is 11.9. The number of rotatable bonds is 6. The maximum absolute atomic E-state index is 10.4. The quantitative estimate of drug-likeness (QED) is 0.410. The zero-order valence-electron chi connectivity index (χ0n) is 11.2. The van der Waals surface area contributed by atoms with Gasteiger partial charge < -0.3 is 26.8 Å². The van der Waals surface area contributed by atoms with Crippen LogP contribution < -0.4 is 11.5 Å². The fraction of sp³-hybridized carbons (Fsp3) is 0.308. The van der Waals surface area contributed by atoms with E-state index in [9.17, 15) is 14.4 Å². The zero-order chi connectivity index (χ0) is 16.4. The van der Waals surface area contributed by atoms with E-state index in [1.54, 1.807) is 0 Å². The van der Waals surface area contributed by atoms with Crippen molar-refractivity contribution in [2.75, 3.05) is 0 Å². The van der Waals surface area contributed by atoms with Crippen LogP contribution in [0.2, 0.25) is 0 Å². The number of carbonyl (C=O) groups is 3. The molecule has 0 heterocycles. The van der Waals surface area contributed by atoms with Crippen molar-refractivity contribution in [2.45, 2.75) is 24.9 Å². The van der Waals surface area contributed by atoms with Crippen LogP contribution in [0.4, 0.5) is 0 Å². The van der Waals surface area contributed by atoms with Crippen LogP contribution in [-0.4, -0.2) is 74.9 Å². The predicted molar refractivity (Wildman–Crippen MR) is 80.8 cm³/mol. The SMILES string of the molecule is N[C@@H](CC(=O)O)C(=O)O.N[C@@H](Cc1ccccc1)C(=O)O.[NaH]. The number of hydrogen-bond acceptors (Lipinski definition) is 5. The molecule has 0 aromatic heterocycles. The van der Waals surface area contributed by atoms with Crippen LogP contribution in [0.3, 0.4) is 0 Å². The molecule has 1 rings (SSSR count). The van der Waals surface area contributed by atoms with Gasteiger partial charge in [0.1, 0.15) is 12.1 Å². The average molecular weight is 322 g/mol. The van der Waals surface area contributed by atoms with Crippen molar-refractivity contribution in [1.29, 1.82) is 0 Å². The molecule has 0 radical (unpaired) electrons. The fourth-order valence-electron chi connectivity index (χ4n) is 1.23. The first-order chi connectivity index (χ1) is 9.73. The van der Waals surface area contributed by atoms with E-state index in [0.717, 1.165) is 5.56 Å². The van der Waals surface area contributed by atoms with Crippen LogP contribution in [0.25, 0.3) is 0 Å². The van der Waals surface area contributed by atoms with Crippen LogP contribution in [0.15, 0.2) is 30.3 Å². The summed E-state index contributed by atoms with van der Waals surface area (Å²) in [6, 6.07) is 7.25. The van der Waals surface area contributed by atoms with E-state index in [4.69, 9.17) is 26.8 Å². The molecule has 22 heavy (non-hydrogen) atoms. The monoisotopic (exact) mass is 322 g/mol. The molecule has 0 bridgehead atoms. The number of nitrogens with two attached hydrogens (primary N) is 2. The Bertz CT molecular complexity index is 483. The van der Waals surface area contributed by atoms with Gasteiger partial charge in [0.15, 0.2) is 0 Å². The molecule has 0 aliphatic heterocycles. The van der Waals surface area contributed by atoms with E-state index < -0.39 is 36.4 Å². The van der Waals surface area contributed by atoms with Crippen LogP contribution in [0, 0.1) is 0 Å². The van der Waals surface area contributed by atoms with Gasteiger partial charge in [0, 0.05) is 0 Å². The van der Waals surface area contributed by atoms with Gasteiger partial charge in [-0.05, 0) is 12.0 Å². The molecule has 7 N–H and O–H groups in total. The van der Waals surface area contributed by atoms with E-state index in [1.807, 2.05) is 30.3 Å². The van der Waals surface area contributed by atoms with Gasteiger partial charge in [-0.1, -0.05) is 30.3 Å². The molecule has 0 aliphatic carbocycles. The molecule has 9 heteroatoms. The number of aliphatic carboxylic acids is 3. The molecular weight excluding hydrogens is 303 g/mol. The van der Waals surface area contributed by atoms with E-state index >= 15 is 0 Å². The number of carboxylic acid groups (broad SMARTS) is 3. The van der Waals surface area contributed by atoms with Crippen molar-refractivity contribution in [3.05, 3.63) is 35.9 Å². The van der Waals surface area contributed by atoms with Crippen LogP contribution in [-0.2, 0) is 20.8 Å². The van der Waals surface area contributed by atoms with Gasteiger partial charge in [0.25, 0.3) is 0 Å². The molecule has 2 atom stereocenters. The Kier molecular flexibility index (Phi) is 12.6. The number of carboxylic acids is 3. The minimum atomic E-state index is -1.29. The summed E-state index contributed by atoms with van der Waals surface area (Å²) in [4.78, 5) is 30.0. The second kappa shape index (κ2) is 12.1. The summed E-state index contributed by atoms with van der Waals surface area (Å²) < 4.78 is 0. The first-order valence-corrected chi connectivity index (χ1v) is 5.96. The third-order valence-electron chi connectivity index (χ3n) is 2.33. The van der Waals surface area contributed by atoms with Gasteiger partial charge in [-0.15, -0.1) is 0 Å². The second-order valence-corrected chi connectivity index (χ2v) is 4.18. The Labute approximate surface area is 149 Å². The van der Waals surface area contributed by atoms with Gasteiger partial charge in [-0.3, -0.25) is 14.4 Å². The summed E-state index contributed by atoms with van der Waals surface area (Å²) in [5, 5.41) is 24.6. The molecule has 0 saturated heterocycles. The van der Waals surface area contributed by atoms with E-state index in [2.05, 4.69) is 0 Å². The molecule has 0 unspecified atom stereocenters. The second-order valence-electron chi connectivity index (χ2n) is 4.18. The van der Waals surface area contributed by atoms with Crippen LogP contribution in [0.1, 0.15) is 12.0 Å². The Morgan fingerprint density at radius 1 is 0.909 bits per heavy atom. The standard InChI is InChI=1S/C9H11NO2.C4H7NO4.Na.H/c10-8(9(11)12)6-7-4-2-1-3-5-7;5-2(4(8)9)1-3(6)7;;/h1-5,8H,6,10H2,(H,11,12);2H,1,5H2,(H,6,7)(H,8,9);;/t8-;2-;;/m00../s1. The molecule has 0 aliphatic rings. The van der Waals surface area contributed by atoms with Gasteiger partial charge in [-0.25, -0.2) is 0 Å². The molecule has 0 saturated carbocycles. The number of benzene rings is 1. The maximum atomic E-state index is 10.4. The van der Waals surface area contributed by atoms with Crippen LogP contribution in [0.5, 0.6) is 0 Å². The fourth-order valence-corrected chi connectivity index (χ4v) is 1.23. The first-order valence-electron chi connectivity index (χ1n) is 5.96. The Morgan fingerprint density at radius 3 is 1.68 bits per heavy atom.